The molecule has 0 aromatic rings. The van der Waals surface area contributed by atoms with Crippen molar-refractivity contribution in [2.75, 3.05) is 6.61 Å². The minimum absolute atomic E-state index is 0.0360. The van der Waals surface area contributed by atoms with E-state index in [2.05, 4.69) is 86.8 Å². The van der Waals surface area contributed by atoms with Gasteiger partial charge in [-0.05, 0) is 83.5 Å². The number of rotatable bonds is 47. The molecule has 0 radical (unpaired) electrons. The fourth-order valence-electron chi connectivity index (χ4n) is 7.75. The molecule has 0 saturated carbocycles. The second-order valence-corrected chi connectivity index (χ2v) is 17.9. The van der Waals surface area contributed by atoms with Crippen LogP contribution in [0.5, 0.6) is 0 Å². The fraction of sp³-hybridized carbons (Fsp3) is 0.786. The number of aliphatic hydroxyl groups is 2. The SMILES string of the molecule is CCCC/C=C\CCCCCCCC(=O)OC(CCC/C=C\C/C=C\C/C=C\C/C=C\CCCCC)CC(=O)NC(CO)C(O)CCCCCCCCCCCCCCCCC. The summed E-state index contributed by atoms with van der Waals surface area (Å²) in [5, 5.41) is 23.8. The number of hydrogen-bond acceptors (Lipinski definition) is 5. The van der Waals surface area contributed by atoms with Crippen LogP contribution in [0.4, 0.5) is 0 Å². The van der Waals surface area contributed by atoms with Crippen LogP contribution in [0.2, 0.25) is 0 Å². The van der Waals surface area contributed by atoms with E-state index in [4.69, 9.17) is 4.74 Å². The molecular weight excluding hydrogens is 767 g/mol. The van der Waals surface area contributed by atoms with Gasteiger partial charge in [-0.3, -0.25) is 9.59 Å². The second-order valence-electron chi connectivity index (χ2n) is 17.9. The van der Waals surface area contributed by atoms with Crippen molar-refractivity contribution in [3.8, 4) is 0 Å². The van der Waals surface area contributed by atoms with Crippen molar-refractivity contribution in [1.29, 1.82) is 0 Å². The van der Waals surface area contributed by atoms with Gasteiger partial charge in [0, 0.05) is 6.42 Å². The number of aliphatic hydroxyl groups excluding tert-OH is 2. The largest absolute Gasteiger partial charge is 0.462 e. The Kier molecular flexibility index (Phi) is 47.6. The van der Waals surface area contributed by atoms with Gasteiger partial charge in [0.1, 0.15) is 6.10 Å². The molecule has 3 unspecified atom stereocenters. The summed E-state index contributed by atoms with van der Waals surface area (Å²) in [6.45, 7) is 6.41. The van der Waals surface area contributed by atoms with Crippen LogP contribution in [0.1, 0.15) is 258 Å². The standard InChI is InChI=1S/C56H101NO5/c1-4-7-10-13-16-19-22-24-26-27-29-30-33-35-38-41-44-47-52(62-56(61)49-46-43-40-37-32-21-18-15-12-9-6-3)50-55(60)57-53(51-58)54(59)48-45-42-39-36-34-31-28-25-23-20-17-14-11-8-5-2/h15-16,18-19,24,26,29-30,35,38,52-54,58-59H,4-14,17,20-23,25,27-28,31-34,36-37,39-51H2,1-3H3,(H,57,60)/b18-15-,19-16-,26-24-,30-29-,38-35-. The van der Waals surface area contributed by atoms with Crippen molar-refractivity contribution in [2.45, 2.75) is 277 Å². The van der Waals surface area contributed by atoms with Gasteiger partial charge in [0.15, 0.2) is 0 Å². The van der Waals surface area contributed by atoms with Crippen LogP contribution in [0.25, 0.3) is 0 Å². The van der Waals surface area contributed by atoms with E-state index >= 15 is 0 Å². The maximum Gasteiger partial charge on any atom is 0.306 e. The summed E-state index contributed by atoms with van der Waals surface area (Å²) < 4.78 is 5.90. The third-order valence-corrected chi connectivity index (χ3v) is 11.8. The molecule has 0 heterocycles. The molecule has 3 atom stereocenters. The highest BCUT2D eigenvalue weighted by Gasteiger charge is 2.24. The fourth-order valence-corrected chi connectivity index (χ4v) is 7.75. The van der Waals surface area contributed by atoms with Gasteiger partial charge in [0.2, 0.25) is 5.91 Å². The molecule has 6 nitrogen and oxygen atoms in total. The Morgan fingerprint density at radius 3 is 1.37 bits per heavy atom. The molecule has 1 amide bonds. The molecule has 0 aromatic carbocycles. The molecule has 62 heavy (non-hydrogen) atoms. The lowest BCUT2D eigenvalue weighted by atomic mass is 10.0. The monoisotopic (exact) mass is 868 g/mol. The third-order valence-electron chi connectivity index (χ3n) is 11.8. The molecule has 0 fully saturated rings. The summed E-state index contributed by atoms with van der Waals surface area (Å²) in [4.78, 5) is 26.1. The highest BCUT2D eigenvalue weighted by atomic mass is 16.5. The zero-order chi connectivity index (χ0) is 45.2. The molecule has 0 aromatic heterocycles. The van der Waals surface area contributed by atoms with E-state index < -0.39 is 18.2 Å². The molecular formula is C56H101NO5. The van der Waals surface area contributed by atoms with E-state index in [-0.39, 0.29) is 24.9 Å². The van der Waals surface area contributed by atoms with Crippen LogP contribution in [0, 0.1) is 0 Å². The number of unbranched alkanes of at least 4 members (excludes halogenated alkanes) is 25. The molecule has 3 N–H and O–H groups in total. The van der Waals surface area contributed by atoms with Crippen molar-refractivity contribution in [2.24, 2.45) is 0 Å². The van der Waals surface area contributed by atoms with Gasteiger partial charge in [-0.15, -0.1) is 0 Å². The number of carbonyl (C=O) groups excluding carboxylic acids is 2. The predicted octanol–water partition coefficient (Wildman–Crippen LogP) is 16.0. The van der Waals surface area contributed by atoms with Crippen LogP contribution >= 0.6 is 0 Å². The quantitative estimate of drug-likeness (QED) is 0.0322. The minimum atomic E-state index is -0.804. The Bertz CT molecular complexity index is 1110. The molecule has 360 valence electrons. The Hall–Kier alpha value is -2.44. The van der Waals surface area contributed by atoms with Gasteiger partial charge in [0.05, 0.1) is 25.2 Å². The number of hydrogen-bond donors (Lipinski definition) is 3. The topological polar surface area (TPSA) is 95.9 Å². The van der Waals surface area contributed by atoms with Crippen LogP contribution in [-0.2, 0) is 14.3 Å². The highest BCUT2D eigenvalue weighted by molar-refractivity contribution is 5.77. The normalized spacial score (nSPS) is 13.7. The number of amides is 1. The van der Waals surface area contributed by atoms with Crippen molar-refractivity contribution in [1.82, 2.24) is 5.32 Å². The van der Waals surface area contributed by atoms with Crippen molar-refractivity contribution < 1.29 is 24.5 Å². The number of ether oxygens (including phenoxy) is 1. The zero-order valence-corrected chi connectivity index (χ0v) is 41.0. The minimum Gasteiger partial charge on any atom is -0.462 e. The first-order valence-electron chi connectivity index (χ1n) is 26.5. The van der Waals surface area contributed by atoms with Crippen LogP contribution in [0.3, 0.4) is 0 Å². The molecule has 0 bridgehead atoms. The van der Waals surface area contributed by atoms with E-state index in [9.17, 15) is 19.8 Å². The predicted molar refractivity (Wildman–Crippen MR) is 268 cm³/mol. The lowest BCUT2D eigenvalue weighted by Crippen LogP contribution is -2.46. The molecule has 0 aliphatic carbocycles. The average molecular weight is 868 g/mol. The van der Waals surface area contributed by atoms with E-state index in [0.29, 0.717) is 19.3 Å². The van der Waals surface area contributed by atoms with Gasteiger partial charge in [-0.2, -0.15) is 0 Å². The molecule has 0 aliphatic rings. The lowest BCUT2D eigenvalue weighted by Gasteiger charge is -2.24. The number of allylic oxidation sites excluding steroid dienone is 10. The summed E-state index contributed by atoms with van der Waals surface area (Å²) in [7, 11) is 0. The summed E-state index contributed by atoms with van der Waals surface area (Å²) in [6.07, 6.45) is 61.4. The Labute approximate surface area is 384 Å². The summed E-state index contributed by atoms with van der Waals surface area (Å²) in [5.74, 6) is -0.537. The Morgan fingerprint density at radius 2 is 0.855 bits per heavy atom. The van der Waals surface area contributed by atoms with E-state index in [1.165, 1.54) is 135 Å². The van der Waals surface area contributed by atoms with Crippen LogP contribution < -0.4 is 5.32 Å². The van der Waals surface area contributed by atoms with Crippen molar-refractivity contribution in [3.63, 3.8) is 0 Å². The second kappa shape index (κ2) is 49.6. The lowest BCUT2D eigenvalue weighted by molar-refractivity contribution is -0.151. The highest BCUT2D eigenvalue weighted by Crippen LogP contribution is 2.17. The average Bonchev–Trinajstić information content (AvgIpc) is 3.26. The van der Waals surface area contributed by atoms with Gasteiger partial charge in [-0.1, -0.05) is 223 Å². The van der Waals surface area contributed by atoms with Crippen LogP contribution in [-0.4, -0.2) is 46.9 Å². The van der Waals surface area contributed by atoms with Crippen molar-refractivity contribution >= 4 is 11.9 Å². The molecule has 0 spiro atoms. The maximum atomic E-state index is 13.2. The number of nitrogens with one attached hydrogen (secondary N) is 1. The van der Waals surface area contributed by atoms with E-state index in [0.717, 1.165) is 77.0 Å². The smallest absolute Gasteiger partial charge is 0.306 e. The number of esters is 1. The number of carbonyl (C=O) groups is 2. The molecule has 0 saturated heterocycles. The van der Waals surface area contributed by atoms with Gasteiger partial charge in [0.25, 0.3) is 0 Å². The summed E-state index contributed by atoms with van der Waals surface area (Å²) in [5.41, 5.74) is 0. The zero-order valence-electron chi connectivity index (χ0n) is 41.0. The first kappa shape index (κ1) is 59.6. The van der Waals surface area contributed by atoms with E-state index in [1.54, 1.807) is 0 Å². The molecule has 0 rings (SSSR count). The van der Waals surface area contributed by atoms with Crippen LogP contribution in [0.15, 0.2) is 60.8 Å². The van der Waals surface area contributed by atoms with Gasteiger partial charge < -0.3 is 20.3 Å². The third kappa shape index (κ3) is 44.2. The van der Waals surface area contributed by atoms with Gasteiger partial charge in [-0.25, -0.2) is 0 Å². The summed E-state index contributed by atoms with van der Waals surface area (Å²) >= 11 is 0. The summed E-state index contributed by atoms with van der Waals surface area (Å²) in [6, 6.07) is -0.721. The first-order chi connectivity index (χ1) is 30.5. The van der Waals surface area contributed by atoms with Crippen molar-refractivity contribution in [3.05, 3.63) is 60.8 Å². The first-order valence-corrected chi connectivity index (χ1v) is 26.5. The maximum absolute atomic E-state index is 13.2. The Morgan fingerprint density at radius 1 is 0.468 bits per heavy atom. The molecule has 0 aliphatic heterocycles. The van der Waals surface area contributed by atoms with Gasteiger partial charge >= 0.3 is 5.97 Å². The Balaban J connectivity index is 4.66. The van der Waals surface area contributed by atoms with E-state index in [1.807, 2.05) is 0 Å². The molecule has 6 heteroatoms.